The van der Waals surface area contributed by atoms with Crippen molar-refractivity contribution in [1.29, 1.82) is 0 Å². The fourth-order valence-electron chi connectivity index (χ4n) is 3.63. The predicted octanol–water partition coefficient (Wildman–Crippen LogP) is 3.69. The number of rotatable bonds is 6. The van der Waals surface area contributed by atoms with E-state index in [2.05, 4.69) is 0 Å². The Morgan fingerprint density at radius 2 is 1.66 bits per heavy atom. The van der Waals surface area contributed by atoms with Gasteiger partial charge in [0.25, 0.3) is 0 Å². The van der Waals surface area contributed by atoms with Crippen LogP contribution in [0.4, 0.5) is 0 Å². The number of carbonyl (C=O) groups is 1. The maximum atomic E-state index is 11.9. The third-order valence-corrected chi connectivity index (χ3v) is 6.01. The summed E-state index contributed by atoms with van der Waals surface area (Å²) in [6.45, 7) is 3.92. The molecule has 5 atom stereocenters. The van der Waals surface area contributed by atoms with Gasteiger partial charge in [-0.2, -0.15) is 0 Å². The van der Waals surface area contributed by atoms with E-state index in [9.17, 15) is 9.90 Å². The first-order chi connectivity index (χ1) is 13.9. The molecule has 1 N–H and O–H groups in total. The van der Waals surface area contributed by atoms with Crippen LogP contribution in [0.15, 0.2) is 65.6 Å². The van der Waals surface area contributed by atoms with Crippen molar-refractivity contribution in [3.05, 3.63) is 66.2 Å². The van der Waals surface area contributed by atoms with E-state index in [4.69, 9.17) is 18.9 Å². The van der Waals surface area contributed by atoms with E-state index in [1.165, 1.54) is 11.8 Å². The van der Waals surface area contributed by atoms with E-state index in [0.717, 1.165) is 10.5 Å². The molecule has 6 nitrogen and oxygen atoms in total. The smallest absolute Gasteiger partial charge is 0.335 e. The Hall–Kier alpha value is -1.90. The van der Waals surface area contributed by atoms with E-state index in [1.54, 1.807) is 13.8 Å². The summed E-state index contributed by atoms with van der Waals surface area (Å²) in [5, 5.41) is 9.72. The molecule has 0 spiro atoms. The van der Waals surface area contributed by atoms with Gasteiger partial charge in [0.2, 0.25) is 0 Å². The minimum absolute atomic E-state index is 0.367. The molecule has 2 heterocycles. The summed E-state index contributed by atoms with van der Waals surface area (Å²) in [6, 6.07) is 19.5. The number of fused-ring (bicyclic) bond motifs is 1. The lowest BCUT2D eigenvalue weighted by Gasteiger charge is -2.40. The molecule has 154 valence electrons. The second-order valence-corrected chi connectivity index (χ2v) is 8.69. The van der Waals surface area contributed by atoms with E-state index >= 15 is 0 Å². The first-order valence-electron chi connectivity index (χ1n) is 9.54. The Labute approximate surface area is 174 Å². The highest BCUT2D eigenvalue weighted by Crippen LogP contribution is 2.43. The number of hydrogen-bond acceptors (Lipinski definition) is 6. The van der Waals surface area contributed by atoms with Crippen molar-refractivity contribution in [2.45, 2.75) is 61.0 Å². The van der Waals surface area contributed by atoms with Crippen LogP contribution in [0.3, 0.4) is 0 Å². The molecule has 2 aromatic carbocycles. The largest absolute Gasteiger partial charge is 0.479 e. The van der Waals surface area contributed by atoms with Gasteiger partial charge < -0.3 is 24.1 Å². The highest BCUT2D eigenvalue weighted by Gasteiger charge is 2.58. The Balaban J connectivity index is 1.61. The second kappa shape index (κ2) is 8.45. The Bertz CT molecular complexity index is 828. The zero-order valence-electron chi connectivity index (χ0n) is 16.3. The average Bonchev–Trinajstić information content (AvgIpc) is 3.03. The van der Waals surface area contributed by atoms with Crippen LogP contribution < -0.4 is 0 Å². The fraction of sp³-hybridized carbons (Fsp3) is 0.409. The number of benzene rings is 2. The van der Waals surface area contributed by atoms with Crippen molar-refractivity contribution in [2.75, 3.05) is 0 Å². The van der Waals surface area contributed by atoms with E-state index in [-0.39, 0.29) is 0 Å². The Morgan fingerprint density at radius 1 is 1.03 bits per heavy atom. The molecular formula is C22H24O6S. The summed E-state index contributed by atoms with van der Waals surface area (Å²) in [6.07, 6.45) is -2.91. The minimum atomic E-state index is -1.13. The van der Waals surface area contributed by atoms with Gasteiger partial charge in [0, 0.05) is 4.90 Å². The van der Waals surface area contributed by atoms with Crippen molar-refractivity contribution < 1.29 is 28.8 Å². The first kappa shape index (κ1) is 20.4. The maximum Gasteiger partial charge on any atom is 0.335 e. The third kappa shape index (κ3) is 4.65. The van der Waals surface area contributed by atoms with Gasteiger partial charge >= 0.3 is 5.97 Å². The second-order valence-electron chi connectivity index (χ2n) is 7.52. The normalized spacial score (nSPS) is 30.6. The van der Waals surface area contributed by atoms with Crippen LogP contribution in [-0.2, 0) is 30.3 Å². The molecule has 0 radical (unpaired) electrons. The van der Waals surface area contributed by atoms with Crippen molar-refractivity contribution in [3.8, 4) is 0 Å². The molecule has 0 aliphatic carbocycles. The quantitative estimate of drug-likeness (QED) is 0.770. The highest BCUT2D eigenvalue weighted by atomic mass is 32.2. The van der Waals surface area contributed by atoms with Crippen LogP contribution in [0.25, 0.3) is 0 Å². The number of carboxylic acid groups (broad SMARTS) is 1. The predicted molar refractivity (Wildman–Crippen MR) is 107 cm³/mol. The number of thioether (sulfide) groups is 1. The number of aliphatic carboxylic acids is 1. The van der Waals surface area contributed by atoms with Crippen LogP contribution in [0, 0.1) is 0 Å². The van der Waals surface area contributed by atoms with Crippen LogP contribution in [0.5, 0.6) is 0 Å². The molecule has 0 amide bonds. The van der Waals surface area contributed by atoms with Gasteiger partial charge in [-0.25, -0.2) is 4.79 Å². The molecular weight excluding hydrogens is 392 g/mol. The Morgan fingerprint density at radius 3 is 2.31 bits per heavy atom. The van der Waals surface area contributed by atoms with E-state index in [0.29, 0.717) is 6.61 Å². The zero-order valence-corrected chi connectivity index (χ0v) is 17.1. The molecule has 0 saturated carbocycles. The van der Waals surface area contributed by atoms with Gasteiger partial charge in [0.1, 0.15) is 23.7 Å². The summed E-state index contributed by atoms with van der Waals surface area (Å²) >= 11 is 1.43. The molecule has 2 aliphatic heterocycles. The SMILES string of the molecule is CC1(C)O[C@H]2[C@@H](O1)[C@@H](C(=O)O)O[C@@H](Sc1ccccc1)[C@@H]2OCc1ccccc1. The van der Waals surface area contributed by atoms with Gasteiger partial charge in [0.05, 0.1) is 6.61 Å². The third-order valence-electron chi connectivity index (χ3n) is 4.86. The number of ether oxygens (including phenoxy) is 4. The molecule has 4 rings (SSSR count). The van der Waals surface area contributed by atoms with Crippen LogP contribution in [0.2, 0.25) is 0 Å². The van der Waals surface area contributed by atoms with E-state index < -0.39 is 41.6 Å². The van der Waals surface area contributed by atoms with E-state index in [1.807, 2.05) is 60.7 Å². The summed E-state index contributed by atoms with van der Waals surface area (Å²) in [4.78, 5) is 12.8. The summed E-state index contributed by atoms with van der Waals surface area (Å²) in [5.74, 6) is -1.98. The lowest BCUT2D eigenvalue weighted by molar-refractivity contribution is -0.196. The van der Waals surface area contributed by atoms with Gasteiger partial charge in [-0.15, -0.1) is 0 Å². The Kier molecular flexibility index (Phi) is 5.94. The molecule has 2 aliphatic rings. The minimum Gasteiger partial charge on any atom is -0.479 e. The number of hydrogen-bond donors (Lipinski definition) is 1. The van der Waals surface area contributed by atoms with Crippen molar-refractivity contribution in [3.63, 3.8) is 0 Å². The number of carboxylic acids is 1. The van der Waals surface area contributed by atoms with Gasteiger partial charge in [-0.05, 0) is 31.5 Å². The zero-order chi connectivity index (χ0) is 20.4. The van der Waals surface area contributed by atoms with Crippen molar-refractivity contribution in [1.82, 2.24) is 0 Å². The fourth-order valence-corrected chi connectivity index (χ4v) is 4.75. The molecule has 0 unspecified atom stereocenters. The summed E-state index contributed by atoms with van der Waals surface area (Å²) in [5.41, 5.74) is 0.465. The van der Waals surface area contributed by atoms with Gasteiger partial charge in [-0.1, -0.05) is 60.3 Å². The standard InChI is InChI=1S/C22H24O6S/c1-22(2)27-16-17(28-22)19(25-13-14-9-5-3-6-10-14)21(26-18(16)20(23)24)29-15-11-7-4-8-12-15/h3-12,16-19,21H,13H2,1-2H3,(H,23,24)/t16-,17+,18+,19-,21+/m1/s1. The van der Waals surface area contributed by atoms with Crippen LogP contribution in [-0.4, -0.2) is 46.7 Å². The van der Waals surface area contributed by atoms with Gasteiger partial charge in [0.15, 0.2) is 11.9 Å². The molecule has 2 fully saturated rings. The van der Waals surface area contributed by atoms with Crippen LogP contribution >= 0.6 is 11.8 Å². The monoisotopic (exact) mass is 416 g/mol. The van der Waals surface area contributed by atoms with Crippen molar-refractivity contribution in [2.24, 2.45) is 0 Å². The van der Waals surface area contributed by atoms with Crippen LogP contribution in [0.1, 0.15) is 19.4 Å². The van der Waals surface area contributed by atoms with Gasteiger partial charge in [-0.3, -0.25) is 0 Å². The summed E-state index contributed by atoms with van der Waals surface area (Å²) < 4.78 is 24.2. The highest BCUT2D eigenvalue weighted by molar-refractivity contribution is 7.99. The molecule has 2 saturated heterocycles. The van der Waals surface area contributed by atoms with Crippen molar-refractivity contribution >= 4 is 17.7 Å². The molecule has 0 aromatic heterocycles. The topological polar surface area (TPSA) is 74.2 Å². The summed E-state index contributed by atoms with van der Waals surface area (Å²) in [7, 11) is 0. The maximum absolute atomic E-state index is 11.9. The molecule has 29 heavy (non-hydrogen) atoms. The molecule has 7 heteroatoms. The lowest BCUT2D eigenvalue weighted by Crippen LogP contribution is -2.58. The lowest BCUT2D eigenvalue weighted by atomic mass is 10.00. The molecule has 0 bridgehead atoms. The molecule has 2 aromatic rings. The average molecular weight is 416 g/mol. The first-order valence-corrected chi connectivity index (χ1v) is 10.4.